The molecule has 0 aliphatic rings. The summed E-state index contributed by atoms with van der Waals surface area (Å²) in [6.45, 7) is 6.67. The zero-order valence-corrected chi connectivity index (χ0v) is 12.5. The normalized spacial score (nSPS) is 10.7. The molecule has 0 aromatic heterocycles. The highest BCUT2D eigenvalue weighted by Crippen LogP contribution is 2.15. The van der Waals surface area contributed by atoms with Crippen LogP contribution in [0, 0.1) is 0 Å². The van der Waals surface area contributed by atoms with Gasteiger partial charge < -0.3 is 4.74 Å². The Bertz CT molecular complexity index is 582. The van der Waals surface area contributed by atoms with Crippen molar-refractivity contribution in [1.82, 2.24) is 0 Å². The first-order valence-electron chi connectivity index (χ1n) is 7.31. The van der Waals surface area contributed by atoms with Gasteiger partial charge in [-0.2, -0.15) is 0 Å². The third kappa shape index (κ3) is 4.92. The Morgan fingerprint density at radius 3 is 2.29 bits per heavy atom. The fourth-order valence-electron chi connectivity index (χ4n) is 1.83. The van der Waals surface area contributed by atoms with Crippen LogP contribution in [0.3, 0.4) is 0 Å². The third-order valence-corrected chi connectivity index (χ3v) is 3.14. The monoisotopic (exact) mass is 279 g/mol. The van der Waals surface area contributed by atoms with E-state index in [9.17, 15) is 0 Å². The van der Waals surface area contributed by atoms with Gasteiger partial charge in [-0.15, -0.1) is 0 Å². The fraction of sp³-hybridized carbons (Fsp3) is 0.211. The van der Waals surface area contributed by atoms with E-state index in [0.717, 1.165) is 42.0 Å². The number of aliphatic imine (C=N–C) groups is 1. The Morgan fingerprint density at radius 2 is 1.67 bits per heavy atom. The number of rotatable bonds is 7. The topological polar surface area (TPSA) is 21.6 Å². The van der Waals surface area contributed by atoms with E-state index < -0.39 is 0 Å². The average Bonchev–Trinajstić information content (AvgIpc) is 2.55. The summed E-state index contributed by atoms with van der Waals surface area (Å²) in [7, 11) is 0. The summed E-state index contributed by atoms with van der Waals surface area (Å²) in [5.74, 6) is 0.913. The predicted octanol–water partition coefficient (Wildman–Crippen LogP) is 5.26. The SMILES string of the molecule is C=Cc1ccc(N=Cc2ccc(OCCCC)cc2)cc1. The van der Waals surface area contributed by atoms with Crippen LogP contribution < -0.4 is 4.74 Å². The summed E-state index contributed by atoms with van der Waals surface area (Å²) < 4.78 is 5.64. The number of benzene rings is 2. The van der Waals surface area contributed by atoms with Gasteiger partial charge in [0.2, 0.25) is 0 Å². The van der Waals surface area contributed by atoms with Gasteiger partial charge >= 0.3 is 0 Å². The minimum atomic E-state index is 0.777. The lowest BCUT2D eigenvalue weighted by atomic mass is 10.2. The Balaban J connectivity index is 1.95. The van der Waals surface area contributed by atoms with Crippen LogP contribution in [0.4, 0.5) is 5.69 Å². The number of hydrogen-bond acceptors (Lipinski definition) is 2. The number of hydrogen-bond donors (Lipinski definition) is 0. The second-order valence-electron chi connectivity index (χ2n) is 4.82. The number of ether oxygens (including phenoxy) is 1. The zero-order valence-electron chi connectivity index (χ0n) is 12.5. The summed E-state index contributed by atoms with van der Waals surface area (Å²) >= 11 is 0. The second-order valence-corrected chi connectivity index (χ2v) is 4.82. The summed E-state index contributed by atoms with van der Waals surface area (Å²) in [6, 6.07) is 16.0. The maximum atomic E-state index is 5.64. The minimum Gasteiger partial charge on any atom is -0.494 e. The Hall–Kier alpha value is -2.35. The van der Waals surface area contributed by atoms with Crippen molar-refractivity contribution in [3.63, 3.8) is 0 Å². The third-order valence-electron chi connectivity index (χ3n) is 3.14. The van der Waals surface area contributed by atoms with Crippen molar-refractivity contribution in [2.45, 2.75) is 19.8 Å². The van der Waals surface area contributed by atoms with E-state index in [4.69, 9.17) is 4.74 Å². The lowest BCUT2D eigenvalue weighted by Gasteiger charge is -2.04. The zero-order chi connectivity index (χ0) is 14.9. The van der Waals surface area contributed by atoms with E-state index in [1.54, 1.807) is 0 Å². The molecule has 0 radical (unpaired) electrons. The molecule has 21 heavy (non-hydrogen) atoms. The van der Waals surface area contributed by atoms with E-state index in [1.807, 2.05) is 60.8 Å². The molecule has 0 saturated carbocycles. The molecule has 2 heteroatoms. The first kappa shape index (κ1) is 15.0. The molecule has 0 unspecified atom stereocenters. The molecular weight excluding hydrogens is 258 g/mol. The first-order valence-corrected chi connectivity index (χ1v) is 7.31. The molecule has 0 saturated heterocycles. The molecule has 0 spiro atoms. The number of nitrogens with zero attached hydrogens (tertiary/aromatic N) is 1. The van der Waals surface area contributed by atoms with Gasteiger partial charge in [-0.1, -0.05) is 38.1 Å². The van der Waals surface area contributed by atoms with E-state index in [2.05, 4.69) is 18.5 Å². The second kappa shape index (κ2) is 8.05. The van der Waals surface area contributed by atoms with Gasteiger partial charge in [0.15, 0.2) is 0 Å². The highest BCUT2D eigenvalue weighted by molar-refractivity contribution is 5.82. The van der Waals surface area contributed by atoms with Crippen LogP contribution in [0.25, 0.3) is 6.08 Å². The van der Waals surface area contributed by atoms with Crippen molar-refractivity contribution in [2.24, 2.45) is 4.99 Å². The molecule has 0 atom stereocenters. The molecule has 0 amide bonds. The molecule has 0 aliphatic carbocycles. The summed E-state index contributed by atoms with van der Waals surface area (Å²) in [6.07, 6.45) is 5.92. The molecule has 0 bridgehead atoms. The standard InChI is InChI=1S/C19H21NO/c1-3-5-14-21-19-12-8-17(9-13-19)15-20-18-10-6-16(4-2)7-11-18/h4,6-13,15H,2-3,5,14H2,1H3. The molecule has 0 heterocycles. The quantitative estimate of drug-likeness (QED) is 0.500. The highest BCUT2D eigenvalue weighted by Gasteiger charge is 1.94. The van der Waals surface area contributed by atoms with Crippen LogP contribution in [0.2, 0.25) is 0 Å². The van der Waals surface area contributed by atoms with Crippen LogP contribution in [0.15, 0.2) is 60.1 Å². The van der Waals surface area contributed by atoms with E-state index in [1.165, 1.54) is 0 Å². The molecule has 0 fully saturated rings. The number of unbranched alkanes of at least 4 members (excludes halogenated alkanes) is 1. The lowest BCUT2D eigenvalue weighted by molar-refractivity contribution is 0.309. The first-order chi connectivity index (χ1) is 10.3. The van der Waals surface area contributed by atoms with Crippen LogP contribution in [-0.2, 0) is 0 Å². The molecule has 2 nitrogen and oxygen atoms in total. The molecule has 2 rings (SSSR count). The summed E-state index contributed by atoms with van der Waals surface area (Å²) in [5.41, 5.74) is 3.09. The maximum Gasteiger partial charge on any atom is 0.119 e. The van der Waals surface area contributed by atoms with E-state index >= 15 is 0 Å². The molecular formula is C19H21NO. The van der Waals surface area contributed by atoms with Crippen molar-refractivity contribution >= 4 is 18.0 Å². The van der Waals surface area contributed by atoms with Crippen LogP contribution in [-0.4, -0.2) is 12.8 Å². The summed E-state index contributed by atoms with van der Waals surface area (Å²) in [4.78, 5) is 4.46. The smallest absolute Gasteiger partial charge is 0.119 e. The lowest BCUT2D eigenvalue weighted by Crippen LogP contribution is -1.96. The average molecular weight is 279 g/mol. The van der Waals surface area contributed by atoms with Crippen molar-refractivity contribution < 1.29 is 4.74 Å². The summed E-state index contributed by atoms with van der Waals surface area (Å²) in [5, 5.41) is 0. The minimum absolute atomic E-state index is 0.777. The van der Waals surface area contributed by atoms with Crippen molar-refractivity contribution in [2.75, 3.05) is 6.61 Å². The fourth-order valence-corrected chi connectivity index (χ4v) is 1.83. The van der Waals surface area contributed by atoms with Gasteiger partial charge in [0.05, 0.1) is 12.3 Å². The maximum absolute atomic E-state index is 5.64. The van der Waals surface area contributed by atoms with E-state index in [0.29, 0.717) is 0 Å². The van der Waals surface area contributed by atoms with Gasteiger partial charge in [0, 0.05) is 6.21 Å². The highest BCUT2D eigenvalue weighted by atomic mass is 16.5. The van der Waals surface area contributed by atoms with Crippen molar-refractivity contribution in [3.8, 4) is 5.75 Å². The molecule has 108 valence electrons. The Labute approximate surface area is 126 Å². The van der Waals surface area contributed by atoms with Crippen LogP contribution in [0.5, 0.6) is 5.75 Å². The Kier molecular flexibility index (Phi) is 5.77. The van der Waals surface area contributed by atoms with E-state index in [-0.39, 0.29) is 0 Å². The molecule has 2 aromatic carbocycles. The van der Waals surface area contributed by atoms with Crippen LogP contribution >= 0.6 is 0 Å². The van der Waals surface area contributed by atoms with Gasteiger partial charge in [-0.25, -0.2) is 0 Å². The largest absolute Gasteiger partial charge is 0.494 e. The molecule has 2 aromatic rings. The predicted molar refractivity (Wildman–Crippen MR) is 90.6 cm³/mol. The molecule has 0 N–H and O–H groups in total. The Morgan fingerprint density at radius 1 is 1.00 bits per heavy atom. The van der Waals surface area contributed by atoms with Crippen molar-refractivity contribution in [3.05, 3.63) is 66.2 Å². The van der Waals surface area contributed by atoms with Gasteiger partial charge in [-0.3, -0.25) is 4.99 Å². The molecule has 0 aliphatic heterocycles. The van der Waals surface area contributed by atoms with Crippen LogP contribution in [0.1, 0.15) is 30.9 Å². The van der Waals surface area contributed by atoms with Gasteiger partial charge in [0.1, 0.15) is 5.75 Å². The van der Waals surface area contributed by atoms with Gasteiger partial charge in [0.25, 0.3) is 0 Å². The van der Waals surface area contributed by atoms with Crippen molar-refractivity contribution in [1.29, 1.82) is 0 Å². The van der Waals surface area contributed by atoms with Gasteiger partial charge in [-0.05, 0) is 53.9 Å².